The van der Waals surface area contributed by atoms with Crippen LogP contribution < -0.4 is 20.1 Å². The highest BCUT2D eigenvalue weighted by Crippen LogP contribution is 2.42. The van der Waals surface area contributed by atoms with Crippen LogP contribution in [0.5, 0.6) is 11.5 Å². The monoisotopic (exact) mass is 330 g/mol. The Kier molecular flexibility index (Phi) is 5.32. The van der Waals surface area contributed by atoms with Gasteiger partial charge in [0, 0.05) is 32.0 Å². The first-order chi connectivity index (χ1) is 10.9. The Morgan fingerprint density at radius 3 is 2.65 bits per heavy atom. The van der Waals surface area contributed by atoms with Crippen molar-refractivity contribution in [1.82, 2.24) is 5.32 Å². The van der Waals surface area contributed by atoms with Gasteiger partial charge in [-0.1, -0.05) is 0 Å². The van der Waals surface area contributed by atoms with Crippen LogP contribution in [-0.4, -0.2) is 38.4 Å². The molecule has 0 unspecified atom stereocenters. The Labute approximate surface area is 130 Å². The average molecular weight is 330 g/mol. The minimum Gasteiger partial charge on any atom is -0.395 e. The van der Waals surface area contributed by atoms with Crippen molar-refractivity contribution in [3.63, 3.8) is 0 Å². The summed E-state index contributed by atoms with van der Waals surface area (Å²) in [7, 11) is 1.58. The van der Waals surface area contributed by atoms with E-state index in [-0.39, 0.29) is 17.2 Å². The smallest absolute Gasteiger partial charge is 0.395 e. The highest BCUT2D eigenvalue weighted by molar-refractivity contribution is 6.39. The maximum absolute atomic E-state index is 12.9. The maximum atomic E-state index is 12.9. The summed E-state index contributed by atoms with van der Waals surface area (Å²) in [6, 6.07) is 3.70. The first-order valence-electron chi connectivity index (χ1n) is 6.89. The van der Waals surface area contributed by atoms with Gasteiger partial charge in [-0.2, -0.15) is 0 Å². The molecule has 0 fully saturated rings. The number of ether oxygens (including phenoxy) is 3. The van der Waals surface area contributed by atoms with Crippen molar-refractivity contribution < 1.29 is 32.6 Å². The molecule has 0 saturated heterocycles. The Morgan fingerprint density at radius 2 is 1.91 bits per heavy atom. The molecule has 7 nitrogen and oxygen atoms in total. The van der Waals surface area contributed by atoms with E-state index in [0.717, 1.165) is 12.5 Å². The number of carbonyl (C=O) groups excluding carboxylic acids is 2. The maximum Gasteiger partial charge on any atom is 0.586 e. The van der Waals surface area contributed by atoms with Crippen LogP contribution in [0.3, 0.4) is 0 Å². The third kappa shape index (κ3) is 4.78. The molecule has 0 radical (unpaired) electrons. The fraction of sp³-hybridized carbons (Fsp3) is 0.429. The summed E-state index contributed by atoms with van der Waals surface area (Å²) >= 11 is 0. The third-order valence-electron chi connectivity index (χ3n) is 2.93. The first-order valence-corrected chi connectivity index (χ1v) is 6.89. The predicted octanol–water partition coefficient (Wildman–Crippen LogP) is 1.49. The molecular formula is C14H16F2N2O5. The van der Waals surface area contributed by atoms with Gasteiger partial charge in [-0.3, -0.25) is 9.59 Å². The largest absolute Gasteiger partial charge is 0.586 e. The van der Waals surface area contributed by atoms with Crippen LogP contribution in [0.2, 0.25) is 0 Å². The zero-order valence-corrected chi connectivity index (χ0v) is 12.4. The van der Waals surface area contributed by atoms with Gasteiger partial charge in [0.15, 0.2) is 11.5 Å². The number of rotatable bonds is 6. The first kappa shape index (κ1) is 16.9. The molecule has 0 saturated carbocycles. The van der Waals surface area contributed by atoms with Crippen molar-refractivity contribution in [1.29, 1.82) is 0 Å². The Morgan fingerprint density at radius 1 is 1.17 bits per heavy atom. The average Bonchev–Trinajstić information content (AvgIpc) is 2.79. The van der Waals surface area contributed by atoms with E-state index in [2.05, 4.69) is 20.1 Å². The van der Waals surface area contributed by atoms with E-state index in [0.29, 0.717) is 19.6 Å². The summed E-state index contributed by atoms with van der Waals surface area (Å²) in [6.45, 7) is 0.910. The van der Waals surface area contributed by atoms with E-state index in [9.17, 15) is 18.4 Å². The van der Waals surface area contributed by atoms with Crippen LogP contribution in [-0.2, 0) is 14.3 Å². The van der Waals surface area contributed by atoms with Gasteiger partial charge in [-0.15, -0.1) is 8.78 Å². The van der Waals surface area contributed by atoms with Gasteiger partial charge in [-0.25, -0.2) is 0 Å². The minimum atomic E-state index is -3.73. The zero-order valence-electron chi connectivity index (χ0n) is 12.4. The molecule has 0 bridgehead atoms. The molecule has 126 valence electrons. The van der Waals surface area contributed by atoms with Crippen molar-refractivity contribution >= 4 is 17.5 Å². The predicted molar refractivity (Wildman–Crippen MR) is 75.4 cm³/mol. The second kappa shape index (κ2) is 7.23. The van der Waals surface area contributed by atoms with Crippen LogP contribution in [0.15, 0.2) is 18.2 Å². The fourth-order valence-electron chi connectivity index (χ4n) is 1.87. The lowest BCUT2D eigenvalue weighted by molar-refractivity contribution is -0.286. The molecule has 0 atom stereocenters. The second-order valence-corrected chi connectivity index (χ2v) is 4.74. The highest BCUT2D eigenvalue weighted by atomic mass is 19.3. The van der Waals surface area contributed by atoms with Gasteiger partial charge in [0.1, 0.15) is 0 Å². The summed E-state index contributed by atoms with van der Waals surface area (Å²) in [5.41, 5.74) is 0.143. The van der Waals surface area contributed by atoms with Gasteiger partial charge in [-0.05, 0) is 25.0 Å². The Hall–Kier alpha value is -2.42. The molecule has 1 aliphatic rings. The lowest BCUT2D eigenvalue weighted by Gasteiger charge is -2.07. The van der Waals surface area contributed by atoms with Crippen molar-refractivity contribution in [3.05, 3.63) is 18.2 Å². The molecular weight excluding hydrogens is 314 g/mol. The number of amides is 2. The number of alkyl halides is 2. The number of benzene rings is 1. The topological polar surface area (TPSA) is 85.9 Å². The molecule has 1 aromatic carbocycles. The van der Waals surface area contributed by atoms with Gasteiger partial charge in [0.25, 0.3) is 0 Å². The van der Waals surface area contributed by atoms with Gasteiger partial charge in [0.2, 0.25) is 0 Å². The zero-order chi connectivity index (χ0) is 16.9. The van der Waals surface area contributed by atoms with Crippen molar-refractivity contribution in [2.24, 2.45) is 0 Å². The molecule has 9 heteroatoms. The Balaban J connectivity index is 1.83. The molecule has 1 heterocycles. The van der Waals surface area contributed by atoms with E-state index in [1.165, 1.54) is 12.1 Å². The molecule has 0 aromatic heterocycles. The van der Waals surface area contributed by atoms with E-state index >= 15 is 0 Å². The number of halogens is 2. The molecule has 1 aromatic rings. The summed E-state index contributed by atoms with van der Waals surface area (Å²) in [4.78, 5) is 23.3. The molecule has 1 aliphatic heterocycles. The lowest BCUT2D eigenvalue weighted by atomic mass is 10.2. The van der Waals surface area contributed by atoms with Gasteiger partial charge in [0.05, 0.1) is 0 Å². The number of fused-ring (bicyclic) bond motifs is 1. The minimum absolute atomic E-state index is 0.143. The molecule has 0 spiro atoms. The van der Waals surface area contributed by atoms with Crippen molar-refractivity contribution in [2.45, 2.75) is 19.1 Å². The van der Waals surface area contributed by atoms with E-state index < -0.39 is 18.1 Å². The van der Waals surface area contributed by atoms with E-state index in [4.69, 9.17) is 4.74 Å². The second-order valence-electron chi connectivity index (χ2n) is 4.74. The number of hydrogen-bond acceptors (Lipinski definition) is 5. The van der Waals surface area contributed by atoms with Crippen LogP contribution in [0.4, 0.5) is 14.5 Å². The number of unbranched alkanes of at least 4 members (excludes halogenated alkanes) is 1. The SMILES string of the molecule is COCCCCNC(=O)C(=O)Nc1ccc2c(c1)OC(F)(F)O2. The highest BCUT2D eigenvalue weighted by Gasteiger charge is 2.43. The standard InChI is InChI=1S/C14H16F2N2O5/c1-21-7-3-2-6-17-12(19)13(20)18-9-4-5-10-11(8-9)23-14(15,16)22-10/h4-5,8H,2-3,6-7H2,1H3,(H,17,19)(H,18,20). The van der Waals surface area contributed by atoms with E-state index in [1.54, 1.807) is 7.11 Å². The number of anilines is 1. The van der Waals surface area contributed by atoms with Crippen LogP contribution in [0, 0.1) is 0 Å². The quantitative estimate of drug-likeness (QED) is 0.610. The van der Waals surface area contributed by atoms with Crippen molar-refractivity contribution in [2.75, 3.05) is 25.6 Å². The molecule has 2 N–H and O–H groups in total. The van der Waals surface area contributed by atoms with Crippen molar-refractivity contribution in [3.8, 4) is 11.5 Å². The van der Waals surface area contributed by atoms with Crippen LogP contribution >= 0.6 is 0 Å². The van der Waals surface area contributed by atoms with Gasteiger partial charge < -0.3 is 24.8 Å². The molecule has 2 amide bonds. The van der Waals surface area contributed by atoms with Gasteiger partial charge >= 0.3 is 18.1 Å². The van der Waals surface area contributed by atoms with Crippen LogP contribution in [0.25, 0.3) is 0 Å². The lowest BCUT2D eigenvalue weighted by Crippen LogP contribution is -2.35. The number of methoxy groups -OCH3 is 1. The fourth-order valence-corrected chi connectivity index (χ4v) is 1.87. The number of nitrogens with one attached hydrogen (secondary N) is 2. The van der Waals surface area contributed by atoms with E-state index in [1.807, 2.05) is 0 Å². The molecule has 23 heavy (non-hydrogen) atoms. The number of carbonyl (C=O) groups is 2. The molecule has 2 rings (SSSR count). The number of hydrogen-bond donors (Lipinski definition) is 2. The molecule has 0 aliphatic carbocycles. The Bertz CT molecular complexity index is 595. The summed E-state index contributed by atoms with van der Waals surface area (Å²) in [5, 5.41) is 4.74. The third-order valence-corrected chi connectivity index (χ3v) is 2.93. The summed E-state index contributed by atoms with van der Waals surface area (Å²) in [6.07, 6.45) is -2.30. The normalized spacial score (nSPS) is 14.4. The van der Waals surface area contributed by atoms with Crippen LogP contribution in [0.1, 0.15) is 12.8 Å². The summed E-state index contributed by atoms with van der Waals surface area (Å²) in [5.74, 6) is -2.07. The summed E-state index contributed by atoms with van der Waals surface area (Å²) < 4.78 is 39.1.